The number of nitrogens with one attached hydrogen (secondary N) is 2. The minimum Gasteiger partial charge on any atom is -0.359 e. The monoisotopic (exact) mass is 273 g/mol. The van der Waals surface area contributed by atoms with E-state index >= 15 is 0 Å². The van der Waals surface area contributed by atoms with E-state index in [-0.39, 0.29) is 5.41 Å². The summed E-state index contributed by atoms with van der Waals surface area (Å²) in [4.78, 5) is 4.23. The van der Waals surface area contributed by atoms with Gasteiger partial charge in [0.05, 0.1) is 0 Å². The molecule has 0 saturated heterocycles. The summed E-state index contributed by atoms with van der Waals surface area (Å²) in [5.41, 5.74) is 3.10. The number of rotatable bonds is 3. The van der Waals surface area contributed by atoms with Gasteiger partial charge in [-0.1, -0.05) is 49.1 Å². The largest absolute Gasteiger partial charge is 0.359 e. The molecule has 0 spiro atoms. The molecule has 0 radical (unpaired) electrons. The van der Waals surface area contributed by atoms with Crippen LogP contribution in [0.25, 0.3) is 0 Å². The van der Waals surface area contributed by atoms with Gasteiger partial charge < -0.3 is 10.6 Å². The van der Waals surface area contributed by atoms with E-state index < -0.39 is 0 Å². The normalized spacial score (nSPS) is 18.6. The molecule has 1 aliphatic rings. The molecule has 0 atom stereocenters. The fourth-order valence-corrected chi connectivity index (χ4v) is 3.30. The number of benzene rings is 1. The first-order valence-corrected chi connectivity index (χ1v) is 7.66. The molecule has 2 N–H and O–H groups in total. The van der Waals surface area contributed by atoms with Crippen LogP contribution in [0.5, 0.6) is 0 Å². The first-order valence-electron chi connectivity index (χ1n) is 7.66. The average Bonchev–Trinajstić information content (AvgIpc) is 2.49. The minimum absolute atomic E-state index is 0.261. The van der Waals surface area contributed by atoms with E-state index in [0.29, 0.717) is 0 Å². The lowest BCUT2D eigenvalue weighted by Crippen LogP contribution is -2.45. The Labute approximate surface area is 122 Å². The smallest absolute Gasteiger partial charge is 0.190 e. The van der Waals surface area contributed by atoms with Gasteiger partial charge in [0.25, 0.3) is 0 Å². The summed E-state index contributed by atoms with van der Waals surface area (Å²) in [6.45, 7) is 3.14. The Balaban J connectivity index is 2.21. The number of guanidine groups is 1. The Morgan fingerprint density at radius 1 is 1.25 bits per heavy atom. The Morgan fingerprint density at radius 2 is 2.00 bits per heavy atom. The summed E-state index contributed by atoms with van der Waals surface area (Å²) >= 11 is 0. The molecule has 0 unspecified atom stereocenters. The predicted octanol–water partition coefficient (Wildman–Crippen LogP) is 2.99. The zero-order valence-corrected chi connectivity index (χ0v) is 13.0. The first kappa shape index (κ1) is 14.9. The predicted molar refractivity (Wildman–Crippen MR) is 86.4 cm³/mol. The molecule has 1 fully saturated rings. The molecule has 110 valence electrons. The number of hydrogen-bond acceptors (Lipinski definition) is 1. The van der Waals surface area contributed by atoms with Gasteiger partial charge in [0.1, 0.15) is 0 Å². The molecule has 2 rings (SSSR count). The summed E-state index contributed by atoms with van der Waals surface area (Å²) in [5, 5.41) is 6.60. The van der Waals surface area contributed by atoms with Gasteiger partial charge in [-0.2, -0.15) is 0 Å². The van der Waals surface area contributed by atoms with Crippen molar-refractivity contribution >= 4 is 5.96 Å². The summed E-state index contributed by atoms with van der Waals surface area (Å²) in [6.07, 6.45) is 6.56. The lowest BCUT2D eigenvalue weighted by molar-refractivity contribution is 0.291. The lowest BCUT2D eigenvalue weighted by Gasteiger charge is -2.38. The van der Waals surface area contributed by atoms with Crippen LogP contribution in [-0.2, 0) is 5.41 Å². The van der Waals surface area contributed by atoms with Crippen molar-refractivity contribution in [3.05, 3.63) is 35.4 Å². The standard InChI is InChI=1S/C17H27N3/c1-14-8-7-9-15(12-14)17(10-5-4-6-11-17)13-20-16(18-2)19-3/h7-9,12H,4-6,10-11,13H2,1-3H3,(H2,18,19,20). The highest BCUT2D eigenvalue weighted by Gasteiger charge is 2.33. The van der Waals surface area contributed by atoms with Crippen molar-refractivity contribution in [2.75, 3.05) is 20.6 Å². The highest BCUT2D eigenvalue weighted by molar-refractivity contribution is 5.79. The highest BCUT2D eigenvalue weighted by atomic mass is 15.2. The van der Waals surface area contributed by atoms with Crippen molar-refractivity contribution in [3.63, 3.8) is 0 Å². The van der Waals surface area contributed by atoms with Crippen LogP contribution in [0.4, 0.5) is 0 Å². The zero-order valence-electron chi connectivity index (χ0n) is 13.0. The second-order valence-electron chi connectivity index (χ2n) is 5.89. The summed E-state index contributed by atoms with van der Waals surface area (Å²) < 4.78 is 0. The minimum atomic E-state index is 0.261. The number of aliphatic imine (C=N–C) groups is 1. The van der Waals surface area contributed by atoms with Crippen LogP contribution in [0.15, 0.2) is 29.3 Å². The quantitative estimate of drug-likeness (QED) is 0.656. The maximum atomic E-state index is 4.23. The van der Waals surface area contributed by atoms with Crippen molar-refractivity contribution in [1.29, 1.82) is 0 Å². The fourth-order valence-electron chi connectivity index (χ4n) is 3.30. The van der Waals surface area contributed by atoms with E-state index in [1.807, 2.05) is 14.1 Å². The maximum Gasteiger partial charge on any atom is 0.190 e. The molecule has 1 aliphatic carbocycles. The molecule has 0 aromatic heterocycles. The number of nitrogens with zero attached hydrogens (tertiary/aromatic N) is 1. The van der Waals surface area contributed by atoms with Crippen molar-refractivity contribution < 1.29 is 0 Å². The molecule has 3 heteroatoms. The molecule has 0 aliphatic heterocycles. The first-order chi connectivity index (χ1) is 9.70. The van der Waals surface area contributed by atoms with Crippen LogP contribution in [0.2, 0.25) is 0 Å². The summed E-state index contributed by atoms with van der Waals surface area (Å²) in [6, 6.07) is 9.02. The molecular formula is C17H27N3. The lowest BCUT2D eigenvalue weighted by atomic mass is 9.69. The van der Waals surface area contributed by atoms with E-state index in [1.54, 1.807) is 0 Å². The number of aryl methyl sites for hydroxylation is 1. The fraction of sp³-hybridized carbons (Fsp3) is 0.588. The van der Waals surface area contributed by atoms with Gasteiger partial charge in [0.15, 0.2) is 5.96 Å². The van der Waals surface area contributed by atoms with Crippen LogP contribution in [0.1, 0.15) is 43.2 Å². The average molecular weight is 273 g/mol. The molecule has 0 heterocycles. The molecule has 3 nitrogen and oxygen atoms in total. The van der Waals surface area contributed by atoms with Crippen LogP contribution >= 0.6 is 0 Å². The Morgan fingerprint density at radius 3 is 2.60 bits per heavy atom. The van der Waals surface area contributed by atoms with Gasteiger partial charge in [-0.25, -0.2) is 0 Å². The van der Waals surface area contributed by atoms with Gasteiger partial charge in [-0.05, 0) is 25.3 Å². The number of hydrogen-bond donors (Lipinski definition) is 2. The second kappa shape index (κ2) is 6.78. The van der Waals surface area contributed by atoms with Gasteiger partial charge in [0, 0.05) is 26.1 Å². The molecule has 1 aromatic rings. The zero-order chi connectivity index (χ0) is 14.4. The van der Waals surface area contributed by atoms with Crippen molar-refractivity contribution in [1.82, 2.24) is 10.6 Å². The molecular weight excluding hydrogens is 246 g/mol. The molecule has 1 saturated carbocycles. The van der Waals surface area contributed by atoms with E-state index in [0.717, 1.165) is 12.5 Å². The van der Waals surface area contributed by atoms with Gasteiger partial charge in [0.2, 0.25) is 0 Å². The van der Waals surface area contributed by atoms with Crippen LogP contribution in [-0.4, -0.2) is 26.6 Å². The van der Waals surface area contributed by atoms with Crippen LogP contribution in [0, 0.1) is 6.92 Å². The van der Waals surface area contributed by atoms with Crippen LogP contribution < -0.4 is 10.6 Å². The second-order valence-corrected chi connectivity index (χ2v) is 5.89. The molecule has 0 bridgehead atoms. The van der Waals surface area contributed by atoms with Gasteiger partial charge in [-0.3, -0.25) is 4.99 Å². The van der Waals surface area contributed by atoms with Crippen molar-refractivity contribution in [3.8, 4) is 0 Å². The SMILES string of the molecule is CN=C(NC)NCC1(c2cccc(C)c2)CCCCC1. The summed E-state index contributed by atoms with van der Waals surface area (Å²) in [5.74, 6) is 0.877. The van der Waals surface area contributed by atoms with Crippen LogP contribution in [0.3, 0.4) is 0 Å². The van der Waals surface area contributed by atoms with E-state index in [2.05, 4.69) is 46.8 Å². The molecule has 0 amide bonds. The Bertz CT molecular complexity index is 459. The van der Waals surface area contributed by atoms with E-state index in [4.69, 9.17) is 0 Å². The van der Waals surface area contributed by atoms with Gasteiger partial charge in [-0.15, -0.1) is 0 Å². The highest BCUT2D eigenvalue weighted by Crippen LogP contribution is 2.39. The van der Waals surface area contributed by atoms with Crippen molar-refractivity contribution in [2.24, 2.45) is 4.99 Å². The third kappa shape index (κ3) is 3.33. The molecule has 1 aromatic carbocycles. The third-order valence-electron chi connectivity index (χ3n) is 4.50. The van der Waals surface area contributed by atoms with E-state index in [1.165, 1.54) is 43.2 Å². The Kier molecular flexibility index (Phi) is 5.05. The van der Waals surface area contributed by atoms with Crippen molar-refractivity contribution in [2.45, 2.75) is 44.4 Å². The van der Waals surface area contributed by atoms with E-state index in [9.17, 15) is 0 Å². The van der Waals surface area contributed by atoms with Gasteiger partial charge >= 0.3 is 0 Å². The Hall–Kier alpha value is -1.51. The topological polar surface area (TPSA) is 36.4 Å². The third-order valence-corrected chi connectivity index (χ3v) is 4.50. The summed E-state index contributed by atoms with van der Waals surface area (Å²) in [7, 11) is 3.73. The molecule has 20 heavy (non-hydrogen) atoms. The maximum absolute atomic E-state index is 4.23.